The molecule has 0 bridgehead atoms. The van der Waals surface area contributed by atoms with Crippen molar-refractivity contribution in [3.8, 4) is 11.4 Å². The van der Waals surface area contributed by atoms with Gasteiger partial charge in [0.05, 0.1) is 23.1 Å². The smallest absolute Gasteiger partial charge is 0.335 e. The van der Waals surface area contributed by atoms with Gasteiger partial charge in [-0.25, -0.2) is 14.8 Å². The summed E-state index contributed by atoms with van der Waals surface area (Å²) in [4.78, 5) is 26.3. The average Bonchev–Trinajstić information content (AvgIpc) is 2.80. The number of hydrogen-bond donors (Lipinski definition) is 1. The number of anilines is 1. The van der Waals surface area contributed by atoms with Crippen molar-refractivity contribution in [3.05, 3.63) is 36.2 Å². The summed E-state index contributed by atoms with van der Waals surface area (Å²) in [6.45, 7) is 4.32. The van der Waals surface area contributed by atoms with Crippen molar-refractivity contribution < 1.29 is 14.6 Å². The number of aromatic nitrogens is 3. The Bertz CT molecular complexity index is 707. The summed E-state index contributed by atoms with van der Waals surface area (Å²) in [7, 11) is 0. The SMILES string of the molecule is C[C@H]1CN(c2nccc(-c3cc(C(=O)O)ccn3)n2)CCCO1. The molecule has 0 spiro atoms. The molecule has 3 rings (SSSR count). The van der Waals surface area contributed by atoms with Crippen LogP contribution in [0.2, 0.25) is 0 Å². The van der Waals surface area contributed by atoms with Crippen molar-refractivity contribution in [2.24, 2.45) is 0 Å². The predicted octanol–water partition coefficient (Wildman–Crippen LogP) is 1.85. The summed E-state index contributed by atoms with van der Waals surface area (Å²) in [6.07, 6.45) is 4.19. The Balaban J connectivity index is 1.90. The van der Waals surface area contributed by atoms with Gasteiger partial charge in [-0.3, -0.25) is 4.98 Å². The Kier molecular flexibility index (Phi) is 4.47. The molecule has 1 aliphatic rings. The van der Waals surface area contributed by atoms with E-state index in [0.717, 1.165) is 26.1 Å². The fourth-order valence-electron chi connectivity index (χ4n) is 2.52. The van der Waals surface area contributed by atoms with E-state index in [9.17, 15) is 4.79 Å². The number of hydrogen-bond acceptors (Lipinski definition) is 6. The molecule has 1 fully saturated rings. The van der Waals surface area contributed by atoms with Gasteiger partial charge in [0.1, 0.15) is 0 Å². The number of pyridine rings is 1. The van der Waals surface area contributed by atoms with Gasteiger partial charge in [-0.2, -0.15) is 0 Å². The summed E-state index contributed by atoms with van der Waals surface area (Å²) in [5, 5.41) is 9.09. The van der Waals surface area contributed by atoms with Crippen molar-refractivity contribution in [1.82, 2.24) is 15.0 Å². The molecule has 7 heteroatoms. The summed E-state index contributed by atoms with van der Waals surface area (Å²) in [5.41, 5.74) is 1.32. The minimum absolute atomic E-state index is 0.123. The highest BCUT2D eigenvalue weighted by Crippen LogP contribution is 2.19. The second-order valence-electron chi connectivity index (χ2n) is 5.46. The monoisotopic (exact) mass is 314 g/mol. The second-order valence-corrected chi connectivity index (χ2v) is 5.46. The lowest BCUT2D eigenvalue weighted by Gasteiger charge is -2.22. The maximum absolute atomic E-state index is 11.1. The molecule has 0 aliphatic carbocycles. The first-order chi connectivity index (χ1) is 11.1. The fourth-order valence-corrected chi connectivity index (χ4v) is 2.52. The van der Waals surface area contributed by atoms with E-state index in [1.165, 1.54) is 18.3 Å². The molecule has 23 heavy (non-hydrogen) atoms. The third-order valence-electron chi connectivity index (χ3n) is 3.65. The standard InChI is InChI=1S/C16H18N4O3/c1-11-10-20(7-2-8-23-11)16-18-6-4-13(19-16)14-9-12(15(21)22)3-5-17-14/h3-6,9,11H,2,7-8,10H2,1H3,(H,21,22)/t11-/m0/s1. The molecular formula is C16H18N4O3. The van der Waals surface area contributed by atoms with Gasteiger partial charge in [-0.15, -0.1) is 0 Å². The quantitative estimate of drug-likeness (QED) is 0.924. The molecule has 120 valence electrons. The van der Waals surface area contributed by atoms with E-state index in [1.807, 2.05) is 6.92 Å². The van der Waals surface area contributed by atoms with Crippen LogP contribution < -0.4 is 4.90 Å². The van der Waals surface area contributed by atoms with Crippen molar-refractivity contribution in [2.75, 3.05) is 24.6 Å². The van der Waals surface area contributed by atoms with Gasteiger partial charge in [-0.1, -0.05) is 0 Å². The summed E-state index contributed by atoms with van der Waals surface area (Å²) in [5.74, 6) is -0.371. The average molecular weight is 314 g/mol. The largest absolute Gasteiger partial charge is 0.478 e. The molecule has 0 radical (unpaired) electrons. The number of aromatic carboxylic acids is 1. The summed E-state index contributed by atoms with van der Waals surface area (Å²) >= 11 is 0. The van der Waals surface area contributed by atoms with Crippen molar-refractivity contribution in [2.45, 2.75) is 19.4 Å². The van der Waals surface area contributed by atoms with Crippen molar-refractivity contribution >= 4 is 11.9 Å². The Labute approximate surface area is 134 Å². The fraction of sp³-hybridized carbons (Fsp3) is 0.375. The van der Waals surface area contributed by atoms with Crippen LogP contribution in [0.3, 0.4) is 0 Å². The van der Waals surface area contributed by atoms with Crippen LogP contribution in [0.1, 0.15) is 23.7 Å². The molecule has 0 saturated carbocycles. The lowest BCUT2D eigenvalue weighted by atomic mass is 10.2. The van der Waals surface area contributed by atoms with E-state index in [4.69, 9.17) is 9.84 Å². The van der Waals surface area contributed by atoms with Crippen LogP contribution in [0.15, 0.2) is 30.6 Å². The van der Waals surface area contributed by atoms with Gasteiger partial charge >= 0.3 is 5.97 Å². The first kappa shape index (κ1) is 15.4. The van der Waals surface area contributed by atoms with E-state index in [2.05, 4.69) is 19.9 Å². The third kappa shape index (κ3) is 3.62. The molecule has 7 nitrogen and oxygen atoms in total. The summed E-state index contributed by atoms with van der Waals surface area (Å²) in [6, 6.07) is 4.71. The number of rotatable bonds is 3. The van der Waals surface area contributed by atoms with Gasteiger partial charge in [-0.05, 0) is 31.5 Å². The van der Waals surface area contributed by atoms with E-state index >= 15 is 0 Å². The highest BCUT2D eigenvalue weighted by Gasteiger charge is 2.18. The van der Waals surface area contributed by atoms with Crippen LogP contribution in [0.25, 0.3) is 11.4 Å². The number of carboxylic acids is 1. The minimum Gasteiger partial charge on any atom is -0.478 e. The first-order valence-corrected chi connectivity index (χ1v) is 7.53. The zero-order chi connectivity index (χ0) is 16.2. The number of carboxylic acid groups (broad SMARTS) is 1. The molecular weight excluding hydrogens is 296 g/mol. The van der Waals surface area contributed by atoms with E-state index < -0.39 is 5.97 Å². The number of carbonyl (C=O) groups is 1. The topological polar surface area (TPSA) is 88.4 Å². The third-order valence-corrected chi connectivity index (χ3v) is 3.65. The van der Waals surface area contributed by atoms with Gasteiger partial charge in [0, 0.05) is 32.1 Å². The summed E-state index contributed by atoms with van der Waals surface area (Å²) < 4.78 is 5.64. The molecule has 1 saturated heterocycles. The molecule has 3 heterocycles. The highest BCUT2D eigenvalue weighted by atomic mass is 16.5. The maximum Gasteiger partial charge on any atom is 0.335 e. The Hall–Kier alpha value is -2.54. The highest BCUT2D eigenvalue weighted by molar-refractivity contribution is 5.88. The van der Waals surface area contributed by atoms with Crippen LogP contribution in [-0.2, 0) is 4.74 Å². The van der Waals surface area contributed by atoms with Gasteiger partial charge in [0.25, 0.3) is 0 Å². The Morgan fingerprint density at radius 1 is 1.30 bits per heavy atom. The zero-order valence-electron chi connectivity index (χ0n) is 12.8. The van der Waals surface area contributed by atoms with Gasteiger partial charge in [0.15, 0.2) is 0 Å². The lowest BCUT2D eigenvalue weighted by Crippen LogP contribution is -2.31. The van der Waals surface area contributed by atoms with Gasteiger partial charge < -0.3 is 14.7 Å². The molecule has 2 aromatic rings. The molecule has 0 unspecified atom stereocenters. The molecule has 1 aliphatic heterocycles. The molecule has 0 amide bonds. The Morgan fingerprint density at radius 3 is 2.96 bits per heavy atom. The number of nitrogens with zero attached hydrogens (tertiary/aromatic N) is 4. The minimum atomic E-state index is -0.985. The van der Waals surface area contributed by atoms with Crippen LogP contribution in [0.4, 0.5) is 5.95 Å². The van der Waals surface area contributed by atoms with Crippen molar-refractivity contribution in [3.63, 3.8) is 0 Å². The molecule has 0 aromatic carbocycles. The normalized spacial score (nSPS) is 18.5. The van der Waals surface area contributed by atoms with Crippen LogP contribution >= 0.6 is 0 Å². The molecule has 2 aromatic heterocycles. The van der Waals surface area contributed by atoms with Crippen molar-refractivity contribution in [1.29, 1.82) is 0 Å². The first-order valence-electron chi connectivity index (χ1n) is 7.53. The van der Waals surface area contributed by atoms with Gasteiger partial charge in [0.2, 0.25) is 5.95 Å². The van der Waals surface area contributed by atoms with Crippen LogP contribution in [-0.4, -0.2) is 51.8 Å². The predicted molar refractivity (Wildman–Crippen MR) is 84.5 cm³/mol. The van der Waals surface area contributed by atoms with E-state index in [1.54, 1.807) is 12.3 Å². The zero-order valence-corrected chi connectivity index (χ0v) is 12.8. The lowest BCUT2D eigenvalue weighted by molar-refractivity contribution is 0.0696. The molecule has 1 atom stereocenters. The molecule has 1 N–H and O–H groups in total. The Morgan fingerprint density at radius 2 is 2.13 bits per heavy atom. The van der Waals surface area contributed by atoms with Crippen LogP contribution in [0.5, 0.6) is 0 Å². The maximum atomic E-state index is 11.1. The van der Waals surface area contributed by atoms with E-state index in [0.29, 0.717) is 17.3 Å². The second kappa shape index (κ2) is 6.70. The van der Waals surface area contributed by atoms with Crippen LogP contribution in [0, 0.1) is 0 Å². The number of ether oxygens (including phenoxy) is 1. The van der Waals surface area contributed by atoms with E-state index in [-0.39, 0.29) is 11.7 Å².